The average Bonchev–Trinajstić information content (AvgIpc) is 2.98. The number of aliphatic imine (C=N–C) groups is 1. The first-order chi connectivity index (χ1) is 9.76. The quantitative estimate of drug-likeness (QED) is 0.839. The predicted octanol–water partition coefficient (Wildman–Crippen LogP) is 2.11. The van der Waals surface area contributed by atoms with Gasteiger partial charge in [-0.3, -0.25) is 5.21 Å². The molecule has 0 unspecified atom stereocenters. The Morgan fingerprint density at radius 2 is 2.00 bits per heavy atom. The number of amidine groups is 1. The van der Waals surface area contributed by atoms with Crippen LogP contribution in [0.4, 0.5) is 0 Å². The third-order valence-electron chi connectivity index (χ3n) is 2.66. The van der Waals surface area contributed by atoms with E-state index in [1.807, 2.05) is 6.07 Å². The number of azo groups is 1. The van der Waals surface area contributed by atoms with Crippen LogP contribution in [0.25, 0.3) is 0 Å². The van der Waals surface area contributed by atoms with Gasteiger partial charge in [-0.2, -0.15) is 5.26 Å². The van der Waals surface area contributed by atoms with Crippen LogP contribution < -0.4 is 0 Å². The van der Waals surface area contributed by atoms with Crippen LogP contribution >= 0.6 is 0 Å². The highest BCUT2D eigenvalue weighted by Gasteiger charge is 2.14. The van der Waals surface area contributed by atoms with Crippen molar-refractivity contribution in [2.24, 2.45) is 15.2 Å². The molecule has 0 atom stereocenters. The topological polar surface area (TPSA) is 97.2 Å². The molecule has 0 radical (unpaired) electrons. The molecule has 0 spiro atoms. The molecule has 3 heterocycles. The number of allylic oxidation sites excluding steroid dienone is 3. The number of hydrogen-bond acceptors (Lipinski definition) is 7. The normalized spacial score (nSPS) is 16.6. The number of nitrogens with zero attached hydrogens (tertiary/aromatic N) is 6. The van der Waals surface area contributed by atoms with E-state index >= 15 is 0 Å². The van der Waals surface area contributed by atoms with E-state index in [4.69, 9.17) is 10.5 Å². The molecule has 0 amide bonds. The highest BCUT2D eigenvalue weighted by atomic mass is 16.5. The fourth-order valence-electron chi connectivity index (χ4n) is 1.68. The standard InChI is InChI=1S/C13H8N6O/c14-8-11-7-10(1-4-15-11)13-16-12(17-18-13)9-2-5-19(20)6-3-9/h1-7,20H. The molecule has 0 fully saturated rings. The van der Waals surface area contributed by atoms with Crippen molar-refractivity contribution in [3.63, 3.8) is 0 Å². The van der Waals surface area contributed by atoms with E-state index in [0.717, 1.165) is 10.6 Å². The first-order valence-electron chi connectivity index (χ1n) is 5.71. The zero-order valence-electron chi connectivity index (χ0n) is 10.2. The fourth-order valence-corrected chi connectivity index (χ4v) is 1.68. The predicted molar refractivity (Wildman–Crippen MR) is 69.3 cm³/mol. The maximum atomic E-state index is 9.17. The zero-order valence-corrected chi connectivity index (χ0v) is 10.2. The van der Waals surface area contributed by atoms with Crippen LogP contribution in [0.3, 0.4) is 0 Å². The lowest BCUT2D eigenvalue weighted by molar-refractivity contribution is 0.0105. The number of rotatable bonds is 1. The third kappa shape index (κ3) is 2.23. The Bertz CT molecular complexity index is 734. The Morgan fingerprint density at radius 3 is 2.75 bits per heavy atom. The zero-order chi connectivity index (χ0) is 13.9. The summed E-state index contributed by atoms with van der Waals surface area (Å²) in [6.45, 7) is 0. The van der Waals surface area contributed by atoms with Crippen LogP contribution in [0, 0.1) is 11.3 Å². The maximum absolute atomic E-state index is 9.17. The number of hydrogen-bond donors (Lipinski definition) is 1. The van der Waals surface area contributed by atoms with Crippen molar-refractivity contribution in [2.45, 2.75) is 0 Å². The van der Waals surface area contributed by atoms with Crippen molar-refractivity contribution in [1.82, 2.24) is 10.0 Å². The van der Waals surface area contributed by atoms with Gasteiger partial charge in [0.15, 0.2) is 11.7 Å². The summed E-state index contributed by atoms with van der Waals surface area (Å²) in [6, 6.07) is 5.29. The minimum absolute atomic E-state index is 0.301. The Morgan fingerprint density at radius 1 is 1.20 bits per heavy atom. The molecule has 2 aliphatic heterocycles. The number of hydroxylamine groups is 2. The van der Waals surface area contributed by atoms with Crippen LogP contribution in [0.1, 0.15) is 11.3 Å². The molecule has 7 heteroatoms. The van der Waals surface area contributed by atoms with Crippen molar-refractivity contribution < 1.29 is 5.21 Å². The number of nitriles is 1. The Kier molecular flexibility index (Phi) is 2.91. The van der Waals surface area contributed by atoms with Gasteiger partial charge >= 0.3 is 0 Å². The summed E-state index contributed by atoms with van der Waals surface area (Å²) in [5.41, 5.74) is 1.72. The lowest BCUT2D eigenvalue weighted by atomic mass is 10.2. The highest BCUT2D eigenvalue weighted by Crippen LogP contribution is 2.22. The van der Waals surface area contributed by atoms with Crippen LogP contribution in [0.15, 0.2) is 69.5 Å². The van der Waals surface area contributed by atoms with E-state index < -0.39 is 0 Å². The molecule has 0 aliphatic carbocycles. The lowest BCUT2D eigenvalue weighted by Crippen LogP contribution is -2.04. The van der Waals surface area contributed by atoms with E-state index in [2.05, 4.69) is 20.2 Å². The summed E-state index contributed by atoms with van der Waals surface area (Å²) in [6.07, 6.45) is 7.83. The molecule has 3 rings (SSSR count). The molecule has 96 valence electrons. The molecule has 20 heavy (non-hydrogen) atoms. The van der Waals surface area contributed by atoms with Gasteiger partial charge in [-0.05, 0) is 24.3 Å². The molecule has 1 aromatic rings. The third-order valence-corrected chi connectivity index (χ3v) is 2.66. The van der Waals surface area contributed by atoms with Crippen molar-refractivity contribution in [1.29, 1.82) is 5.26 Å². The Balaban J connectivity index is 1.95. The molecular formula is C13H8N6O. The molecule has 0 saturated heterocycles. The smallest absolute Gasteiger partial charge is 0.184 e. The SMILES string of the molecule is N#Cc1cc(C2=NC(=C3C=CN(O)C=C3)N=N2)ccn1. The van der Waals surface area contributed by atoms with Crippen molar-refractivity contribution in [3.8, 4) is 6.07 Å². The van der Waals surface area contributed by atoms with E-state index in [9.17, 15) is 0 Å². The van der Waals surface area contributed by atoms with E-state index in [-0.39, 0.29) is 0 Å². The average molecular weight is 264 g/mol. The first-order valence-corrected chi connectivity index (χ1v) is 5.71. The first kappa shape index (κ1) is 12.0. The van der Waals surface area contributed by atoms with E-state index in [0.29, 0.717) is 22.9 Å². The van der Waals surface area contributed by atoms with Gasteiger partial charge in [-0.1, -0.05) is 0 Å². The maximum Gasteiger partial charge on any atom is 0.184 e. The van der Waals surface area contributed by atoms with Gasteiger partial charge in [-0.25, -0.2) is 15.0 Å². The van der Waals surface area contributed by atoms with E-state index in [1.165, 1.54) is 18.6 Å². The van der Waals surface area contributed by atoms with Crippen molar-refractivity contribution in [2.75, 3.05) is 0 Å². The largest absolute Gasteiger partial charge is 0.285 e. The molecule has 2 aliphatic rings. The van der Waals surface area contributed by atoms with Crippen molar-refractivity contribution in [3.05, 3.63) is 65.5 Å². The monoisotopic (exact) mass is 264 g/mol. The van der Waals surface area contributed by atoms with Crippen molar-refractivity contribution >= 4 is 5.84 Å². The second-order valence-electron chi connectivity index (χ2n) is 3.97. The fraction of sp³-hybridized carbons (Fsp3) is 0. The number of pyridine rings is 1. The van der Waals surface area contributed by atoms with Crippen LogP contribution in [-0.2, 0) is 0 Å². The minimum Gasteiger partial charge on any atom is -0.285 e. The van der Waals surface area contributed by atoms with Crippen LogP contribution in [-0.4, -0.2) is 21.1 Å². The highest BCUT2D eigenvalue weighted by molar-refractivity contribution is 6.00. The summed E-state index contributed by atoms with van der Waals surface area (Å²) in [7, 11) is 0. The minimum atomic E-state index is 0.301. The summed E-state index contributed by atoms with van der Waals surface area (Å²) in [5.74, 6) is 0.885. The van der Waals surface area contributed by atoms with E-state index in [1.54, 1.807) is 24.3 Å². The summed E-state index contributed by atoms with van der Waals surface area (Å²) in [4.78, 5) is 8.20. The van der Waals surface area contributed by atoms with Gasteiger partial charge in [0.05, 0.1) is 0 Å². The number of aromatic nitrogens is 1. The van der Waals surface area contributed by atoms with Gasteiger partial charge in [0.1, 0.15) is 11.8 Å². The second kappa shape index (κ2) is 4.87. The Labute approximate surface area is 114 Å². The van der Waals surface area contributed by atoms with Gasteiger partial charge in [0.25, 0.3) is 0 Å². The molecule has 1 N–H and O–H groups in total. The summed E-state index contributed by atoms with van der Waals surface area (Å²) < 4.78 is 0. The molecule has 0 bridgehead atoms. The van der Waals surface area contributed by atoms with Gasteiger partial charge in [0, 0.05) is 29.7 Å². The van der Waals surface area contributed by atoms with Gasteiger partial charge in [0.2, 0.25) is 0 Å². The Hall–Kier alpha value is -3.11. The molecule has 7 nitrogen and oxygen atoms in total. The van der Waals surface area contributed by atoms with Gasteiger partial charge in [-0.15, -0.1) is 10.2 Å². The van der Waals surface area contributed by atoms with Gasteiger partial charge < -0.3 is 0 Å². The molecule has 0 aromatic carbocycles. The summed E-state index contributed by atoms with van der Waals surface area (Å²) >= 11 is 0. The lowest BCUT2D eigenvalue weighted by Gasteiger charge is -2.09. The summed E-state index contributed by atoms with van der Waals surface area (Å²) in [5, 5.41) is 26.9. The molecular weight excluding hydrogens is 256 g/mol. The molecule has 1 aromatic heterocycles. The van der Waals surface area contributed by atoms with Crippen LogP contribution in [0.5, 0.6) is 0 Å². The second-order valence-corrected chi connectivity index (χ2v) is 3.97. The van der Waals surface area contributed by atoms with Crippen LogP contribution in [0.2, 0.25) is 0 Å². The molecule has 0 saturated carbocycles.